The van der Waals surface area contributed by atoms with E-state index in [4.69, 9.17) is 4.99 Å². The lowest BCUT2D eigenvalue weighted by molar-refractivity contribution is 0.118. The Hall–Kier alpha value is -4.12. The first-order valence-electron chi connectivity index (χ1n) is 11.0. The minimum Gasteiger partial charge on any atom is -0.335 e. The van der Waals surface area contributed by atoms with Gasteiger partial charge in [-0.3, -0.25) is 10.3 Å². The van der Waals surface area contributed by atoms with E-state index in [1.165, 1.54) is 0 Å². The Morgan fingerprint density at radius 1 is 1.12 bits per heavy atom. The number of guanidine groups is 1. The molecule has 1 fully saturated rings. The number of urea groups is 1. The number of rotatable bonds is 3. The lowest BCUT2D eigenvalue weighted by Gasteiger charge is -2.44. The molecule has 2 amide bonds. The summed E-state index contributed by atoms with van der Waals surface area (Å²) in [5.74, 6) is 0.716. The Morgan fingerprint density at radius 2 is 1.91 bits per heavy atom. The summed E-state index contributed by atoms with van der Waals surface area (Å²) in [7, 11) is 0. The van der Waals surface area contributed by atoms with Gasteiger partial charge in [-0.1, -0.05) is 45.5 Å². The molecule has 2 heterocycles. The van der Waals surface area contributed by atoms with Crippen LogP contribution >= 0.6 is 0 Å². The van der Waals surface area contributed by atoms with Gasteiger partial charge in [0.1, 0.15) is 0 Å². The minimum absolute atomic E-state index is 0. The van der Waals surface area contributed by atoms with Crippen LogP contribution in [0.25, 0.3) is 10.9 Å². The predicted octanol–water partition coefficient (Wildman–Crippen LogP) is 4.80. The Bertz CT molecular complexity index is 1180. The topological polar surface area (TPSA) is 96.7 Å². The smallest absolute Gasteiger partial charge is 0.321 e. The number of nitrogens with one attached hydrogen (secondary N) is 2. The van der Waals surface area contributed by atoms with Crippen LogP contribution < -0.4 is 10.6 Å². The van der Waals surface area contributed by atoms with Crippen LogP contribution in [0.2, 0.25) is 0 Å². The third kappa shape index (κ3) is 5.44. The molecule has 0 saturated carbocycles. The van der Waals surface area contributed by atoms with E-state index in [0.717, 1.165) is 22.3 Å². The third-order valence-electron chi connectivity index (χ3n) is 5.79. The van der Waals surface area contributed by atoms with Crippen molar-refractivity contribution in [3.05, 3.63) is 66.9 Å². The number of para-hydroxylation sites is 1. The first kappa shape index (κ1) is 24.5. The highest BCUT2D eigenvalue weighted by Gasteiger charge is 2.33. The molecular weight excluding hydrogens is 426 g/mol. The first-order chi connectivity index (χ1) is 16.1. The molecule has 176 valence electrons. The molecule has 2 N–H and O–H groups in total. The molecule has 0 spiro atoms. The fourth-order valence-corrected chi connectivity index (χ4v) is 4.06. The average molecular weight is 458 g/mol. The molecule has 0 bridgehead atoms. The van der Waals surface area contributed by atoms with Crippen LogP contribution in [0.4, 0.5) is 16.2 Å². The van der Waals surface area contributed by atoms with E-state index in [1.807, 2.05) is 71.8 Å². The maximum absolute atomic E-state index is 12.9. The Labute approximate surface area is 200 Å². The molecule has 3 aromatic rings. The van der Waals surface area contributed by atoms with E-state index in [1.54, 1.807) is 6.20 Å². The van der Waals surface area contributed by atoms with Gasteiger partial charge in [0.15, 0.2) is 6.19 Å². The molecule has 34 heavy (non-hydrogen) atoms. The number of nitrogens with zero attached hydrogens (tertiary/aromatic N) is 5. The Kier molecular flexibility index (Phi) is 8.04. The van der Waals surface area contributed by atoms with E-state index in [-0.39, 0.29) is 25.4 Å². The normalized spacial score (nSPS) is 16.1. The van der Waals surface area contributed by atoms with Crippen molar-refractivity contribution in [2.24, 2.45) is 10.9 Å². The number of piperazine rings is 1. The number of aliphatic imine (C=N–C) groups is 1. The van der Waals surface area contributed by atoms with Crippen molar-refractivity contribution in [1.82, 2.24) is 20.1 Å². The number of nitriles is 1. The highest BCUT2D eigenvalue weighted by Crippen LogP contribution is 2.26. The molecule has 1 saturated heterocycles. The molecular formula is C26H31N7O. The number of aromatic nitrogens is 1. The molecule has 1 aromatic heterocycles. The van der Waals surface area contributed by atoms with Gasteiger partial charge >= 0.3 is 6.03 Å². The van der Waals surface area contributed by atoms with Crippen molar-refractivity contribution in [3.8, 4) is 6.19 Å². The van der Waals surface area contributed by atoms with Crippen molar-refractivity contribution in [1.29, 1.82) is 5.26 Å². The lowest BCUT2D eigenvalue weighted by Crippen LogP contribution is -2.60. The molecule has 8 heteroatoms. The summed E-state index contributed by atoms with van der Waals surface area (Å²) in [6, 6.07) is 18.9. The van der Waals surface area contributed by atoms with Crippen LogP contribution in [0.1, 0.15) is 21.3 Å². The number of benzene rings is 2. The molecule has 0 aliphatic carbocycles. The summed E-state index contributed by atoms with van der Waals surface area (Å²) in [5.41, 5.74) is 2.35. The number of hydrogen-bond acceptors (Lipinski definition) is 4. The highest BCUT2D eigenvalue weighted by molar-refractivity contribution is 5.94. The Balaban J connectivity index is 0.00000324. The van der Waals surface area contributed by atoms with Gasteiger partial charge in [-0.05, 0) is 42.3 Å². The molecule has 1 aliphatic heterocycles. The molecule has 4 rings (SSSR count). The second kappa shape index (κ2) is 11.1. The van der Waals surface area contributed by atoms with Crippen molar-refractivity contribution < 1.29 is 4.79 Å². The van der Waals surface area contributed by atoms with Gasteiger partial charge in [0.25, 0.3) is 0 Å². The van der Waals surface area contributed by atoms with Gasteiger partial charge in [0.05, 0.1) is 17.2 Å². The maximum atomic E-state index is 12.9. The van der Waals surface area contributed by atoms with E-state index < -0.39 is 0 Å². The van der Waals surface area contributed by atoms with Crippen molar-refractivity contribution >= 4 is 34.3 Å². The molecule has 2 aromatic carbocycles. The van der Waals surface area contributed by atoms with Crippen molar-refractivity contribution in [3.63, 3.8) is 0 Å². The summed E-state index contributed by atoms with van der Waals surface area (Å²) in [4.78, 5) is 26.0. The van der Waals surface area contributed by atoms with Crippen LogP contribution in [0.3, 0.4) is 0 Å². The monoisotopic (exact) mass is 457 g/mol. The van der Waals surface area contributed by atoms with Crippen molar-refractivity contribution in [2.45, 2.75) is 27.3 Å². The molecule has 0 radical (unpaired) electrons. The zero-order chi connectivity index (χ0) is 23.2. The number of carbonyl (C=O) groups excluding carboxylic acids is 1. The number of carbonyl (C=O) groups is 1. The second-order valence-electron chi connectivity index (χ2n) is 8.27. The van der Waals surface area contributed by atoms with Gasteiger partial charge in [0.2, 0.25) is 5.96 Å². The summed E-state index contributed by atoms with van der Waals surface area (Å²) in [6.07, 6.45) is 3.78. The zero-order valence-electron chi connectivity index (χ0n) is 18.8. The van der Waals surface area contributed by atoms with Crippen LogP contribution in [-0.2, 0) is 0 Å². The fourth-order valence-electron chi connectivity index (χ4n) is 4.06. The first-order valence-corrected chi connectivity index (χ1v) is 11.0. The summed E-state index contributed by atoms with van der Waals surface area (Å²) in [6.45, 7) is 5.83. The van der Waals surface area contributed by atoms with Crippen LogP contribution in [0, 0.1) is 17.4 Å². The molecule has 8 nitrogen and oxygen atoms in total. The van der Waals surface area contributed by atoms with E-state index in [2.05, 4.69) is 34.4 Å². The van der Waals surface area contributed by atoms with Gasteiger partial charge < -0.3 is 15.1 Å². The maximum Gasteiger partial charge on any atom is 0.321 e. The SMILES string of the molecule is C.CC(C)[C@@H]1CN(C(=O)Nc2ccccc2)CCN1C(=Nc1cccc2ncccc12)NC#N. The third-order valence-corrected chi connectivity index (χ3v) is 5.79. The van der Waals surface area contributed by atoms with E-state index in [9.17, 15) is 10.1 Å². The lowest BCUT2D eigenvalue weighted by atomic mass is 10.00. The summed E-state index contributed by atoms with van der Waals surface area (Å²) < 4.78 is 0. The van der Waals surface area contributed by atoms with Crippen LogP contribution in [0.5, 0.6) is 0 Å². The number of pyridine rings is 1. The minimum atomic E-state index is -0.127. The largest absolute Gasteiger partial charge is 0.335 e. The number of anilines is 1. The summed E-state index contributed by atoms with van der Waals surface area (Å²) in [5, 5.41) is 16.1. The average Bonchev–Trinajstić information content (AvgIpc) is 2.84. The zero-order valence-corrected chi connectivity index (χ0v) is 18.8. The van der Waals surface area contributed by atoms with Crippen molar-refractivity contribution in [2.75, 3.05) is 25.0 Å². The number of fused-ring (bicyclic) bond motifs is 1. The number of amides is 2. The van der Waals surface area contributed by atoms with Gasteiger partial charge in [-0.25, -0.2) is 9.79 Å². The van der Waals surface area contributed by atoms with Crippen LogP contribution in [0.15, 0.2) is 71.9 Å². The van der Waals surface area contributed by atoms with Gasteiger partial charge in [-0.2, -0.15) is 5.26 Å². The van der Waals surface area contributed by atoms with Gasteiger partial charge in [0, 0.05) is 36.9 Å². The van der Waals surface area contributed by atoms with Gasteiger partial charge in [-0.15, -0.1) is 0 Å². The quantitative estimate of drug-likeness (QED) is 0.255. The summed E-state index contributed by atoms with van der Waals surface area (Å²) >= 11 is 0. The van der Waals surface area contributed by atoms with Crippen LogP contribution in [-0.4, -0.2) is 52.5 Å². The molecule has 1 atom stereocenters. The second-order valence-corrected chi connectivity index (χ2v) is 8.27. The number of hydrogen-bond donors (Lipinski definition) is 2. The molecule has 0 unspecified atom stereocenters. The highest BCUT2D eigenvalue weighted by atomic mass is 16.2. The van der Waals surface area contributed by atoms with E-state index >= 15 is 0 Å². The fraction of sp³-hybridized carbons (Fsp3) is 0.308. The predicted molar refractivity (Wildman–Crippen MR) is 137 cm³/mol. The molecule has 1 aliphatic rings. The van der Waals surface area contributed by atoms with E-state index in [0.29, 0.717) is 25.6 Å². The Morgan fingerprint density at radius 3 is 2.65 bits per heavy atom. The standard InChI is InChI=1S/C25H27N7O.CH4/c1-18(2)23-16-31(25(33)29-19-8-4-3-5-9-19)14-15-32(23)24(28-17-26)30-22-12-6-11-21-20(22)10-7-13-27-21;/h3-13,18,23H,14-16H2,1-2H3,(H,28,30)(H,29,33);1H4/t23-;/m0./s1.